The van der Waals surface area contributed by atoms with Crippen LogP contribution < -0.4 is 0 Å². The minimum Gasteiger partial charge on any atom is -0.687 e. The first-order chi connectivity index (χ1) is 31.4. The molecule has 0 unspecified atom stereocenters. The summed E-state index contributed by atoms with van der Waals surface area (Å²) in [6, 6.07) is 23.2. The van der Waals surface area contributed by atoms with Crippen LogP contribution in [-0.2, 0) is 171 Å². The monoisotopic (exact) mass is 1700 g/mol. The molecule has 32 N–H and O–H groups in total. The molecule has 0 amide bonds. The second-order valence-electron chi connectivity index (χ2n) is 14.3. The first kappa shape index (κ1) is 133. The van der Waals surface area contributed by atoms with Gasteiger partial charge in [0.05, 0.1) is 0 Å². The molecule has 7 radical (unpaired) electrons. The van der Waals surface area contributed by atoms with Crippen molar-refractivity contribution in [1.29, 1.82) is 0 Å². The predicted molar refractivity (Wildman–Crippen MR) is 273 cm³/mol. The fourth-order valence-electron chi connectivity index (χ4n) is 5.36. The quantitative estimate of drug-likeness (QED) is 0.0602. The van der Waals surface area contributed by atoms with Gasteiger partial charge in [0.25, 0.3) is 0 Å². The van der Waals surface area contributed by atoms with Crippen molar-refractivity contribution in [2.45, 2.75) is 88.8 Å². The van der Waals surface area contributed by atoms with Gasteiger partial charge < -0.3 is 141 Å². The first-order valence-corrected chi connectivity index (χ1v) is 21.0. The van der Waals surface area contributed by atoms with E-state index in [1.807, 2.05) is 18.2 Å². The van der Waals surface area contributed by atoms with Crippen LogP contribution in [0.2, 0.25) is 0 Å². The molecule has 3 aliphatic rings. The fraction of sp³-hybridized carbons (Fsp3) is 0.404. The van der Waals surface area contributed by atoms with Crippen molar-refractivity contribution in [3.8, 4) is 0 Å². The summed E-state index contributed by atoms with van der Waals surface area (Å²) < 4.78 is 0. The zero-order valence-corrected chi connectivity index (χ0v) is 52.9. The Bertz CT molecular complexity index is 1580. The van der Waals surface area contributed by atoms with Gasteiger partial charge in [-0.15, -0.1) is 38.8 Å². The van der Waals surface area contributed by atoms with Crippen LogP contribution in [0.3, 0.4) is 0 Å². The molecule has 0 atom stereocenters. The number of nitrogens with zero attached hydrogens (tertiary/aromatic N) is 3. The molecule has 0 aliphatic carbocycles. The minimum atomic E-state index is -1.58. The third kappa shape index (κ3) is 66.7. The van der Waals surface area contributed by atoms with Crippen LogP contribution in [0.5, 0.6) is 0 Å². The van der Waals surface area contributed by atoms with Crippen LogP contribution in [0.15, 0.2) is 121 Å². The number of hydrogen-bond donors (Lipinski definition) is 16. The van der Waals surface area contributed by atoms with Gasteiger partial charge in [0.1, 0.15) is 0 Å². The van der Waals surface area contributed by atoms with Gasteiger partial charge in [0.15, 0.2) is 50.3 Å². The second kappa shape index (κ2) is 83.3. The van der Waals surface area contributed by atoms with Gasteiger partial charge in [-0.05, 0) is 24.3 Å². The topological polar surface area (TPSA) is 618 Å². The van der Waals surface area contributed by atoms with E-state index in [0.717, 1.165) is 32.7 Å². The molecule has 3 aliphatic heterocycles. The standard InChI is InChI=1S/4C8H10O4.2C5H10N.C5H6N.10Cu.8H2O/c4*9-7(10)5-2-1-3-6(4-5)8(11)12;3*1-2-4-6-5-3-1;;;;;;;;;;;;;;;;;;/h4*1-4,7-12H;2*1-5H2;1-4H,5H2;;;;;;;;;;;8*1H2/q;;;;3*-1;;;;;;;;3*+1;;;;;;;;. The number of hydrogen-bond acceptors (Lipinski definition) is 16. The maximum absolute atomic E-state index is 8.72. The number of aliphatic hydroxyl groups is 16. The maximum atomic E-state index is 8.72. The number of piperidine rings is 2. The van der Waals surface area contributed by atoms with Gasteiger partial charge in [-0.1, -0.05) is 123 Å². The Morgan fingerprint density at radius 3 is 0.524 bits per heavy atom. The molecule has 3 heterocycles. The van der Waals surface area contributed by atoms with Crippen molar-refractivity contribution in [3.05, 3.63) is 182 Å². The van der Waals surface area contributed by atoms with Crippen LogP contribution in [0.4, 0.5) is 0 Å². The molecule has 7 rings (SSSR count). The number of aliphatic hydroxyl groups excluding tert-OH is 8. The van der Waals surface area contributed by atoms with Gasteiger partial charge in [-0.2, -0.15) is 6.20 Å². The van der Waals surface area contributed by atoms with E-state index >= 15 is 0 Å². The fourth-order valence-corrected chi connectivity index (χ4v) is 5.36. The zero-order valence-electron chi connectivity index (χ0n) is 43.5. The molecular weight excluding hydrogens is 1630 g/mol. The largest absolute Gasteiger partial charge is 1.00 e. The number of allylic oxidation sites excluding steroid dienone is 2. The molecule has 4 aromatic rings. The average molecular weight is 1710 g/mol. The smallest absolute Gasteiger partial charge is 0.687 e. The molecule has 37 heteroatoms. The molecule has 0 aromatic heterocycles. The molecule has 2 saturated heterocycles. The Morgan fingerprint density at radius 2 is 0.452 bits per heavy atom. The molecule has 0 saturated carbocycles. The van der Waals surface area contributed by atoms with Crippen molar-refractivity contribution in [2.24, 2.45) is 0 Å². The van der Waals surface area contributed by atoms with Gasteiger partial charge in [0, 0.05) is 164 Å². The van der Waals surface area contributed by atoms with Gasteiger partial charge in [-0.3, -0.25) is 0 Å². The number of rotatable bonds is 8. The second-order valence-corrected chi connectivity index (χ2v) is 14.3. The Hall–Kier alpha value is 0.315. The van der Waals surface area contributed by atoms with E-state index in [1.165, 1.54) is 136 Å². The van der Waals surface area contributed by atoms with E-state index in [9.17, 15) is 0 Å². The Kier molecular flexibility index (Phi) is 132. The van der Waals surface area contributed by atoms with E-state index in [0.29, 0.717) is 0 Å². The summed E-state index contributed by atoms with van der Waals surface area (Å²) >= 11 is 0. The Balaban J connectivity index is -0.0000000370. The van der Waals surface area contributed by atoms with Gasteiger partial charge in [-0.25, -0.2) is 0 Å². The summed E-state index contributed by atoms with van der Waals surface area (Å²) in [6.07, 6.45) is 3.24. The van der Waals surface area contributed by atoms with E-state index < -0.39 is 50.3 Å². The van der Waals surface area contributed by atoms with Crippen molar-refractivity contribution in [3.63, 3.8) is 0 Å². The summed E-state index contributed by atoms with van der Waals surface area (Å²) in [5, 5.41) is 152. The third-order valence-electron chi connectivity index (χ3n) is 8.94. The van der Waals surface area contributed by atoms with Crippen LogP contribution in [0.25, 0.3) is 16.0 Å². The Labute approximate surface area is 594 Å². The zero-order chi connectivity index (χ0) is 49.3. The average Bonchev–Trinajstić information content (AvgIpc) is 3.34. The normalized spacial score (nSPS) is 11.0. The van der Waals surface area contributed by atoms with E-state index in [1.54, 1.807) is 6.20 Å². The summed E-state index contributed by atoms with van der Waals surface area (Å²) in [6.45, 7) is 5.36. The molecule has 539 valence electrons. The van der Waals surface area contributed by atoms with Crippen LogP contribution >= 0.6 is 0 Å². The van der Waals surface area contributed by atoms with Crippen LogP contribution in [0, 0.1) is 0 Å². The molecule has 84 heavy (non-hydrogen) atoms. The molecule has 2 fully saturated rings. The van der Waals surface area contributed by atoms with E-state index in [4.69, 9.17) is 81.7 Å². The summed E-state index contributed by atoms with van der Waals surface area (Å²) in [5.41, 5.74) is 1.89. The summed E-state index contributed by atoms with van der Waals surface area (Å²) in [7, 11) is 0. The first-order valence-electron chi connectivity index (χ1n) is 21.0. The molecule has 27 nitrogen and oxygen atoms in total. The molecule has 0 spiro atoms. The van der Waals surface area contributed by atoms with E-state index in [-0.39, 0.29) is 259 Å². The maximum Gasteiger partial charge on any atom is 1.00 e. The Morgan fingerprint density at radius 1 is 0.274 bits per heavy atom. The van der Waals surface area contributed by atoms with Gasteiger partial charge in [0.2, 0.25) is 0 Å². The predicted octanol–water partition coefficient (Wildman–Crippen LogP) is -3.48. The van der Waals surface area contributed by atoms with Crippen molar-refractivity contribution >= 4 is 0 Å². The van der Waals surface area contributed by atoms with Crippen LogP contribution in [0.1, 0.15) is 133 Å². The summed E-state index contributed by atoms with van der Waals surface area (Å²) in [4.78, 5) is 0. The van der Waals surface area contributed by atoms with Crippen molar-refractivity contribution < 1.29 is 296 Å². The molecular formula is C47H82Cu10N3O24. The molecule has 4 aromatic carbocycles. The van der Waals surface area contributed by atoms with Gasteiger partial charge >= 0.3 is 51.2 Å². The van der Waals surface area contributed by atoms with E-state index in [2.05, 4.69) is 16.0 Å². The minimum absolute atomic E-state index is 0. The van der Waals surface area contributed by atoms with Crippen molar-refractivity contribution in [1.82, 2.24) is 0 Å². The number of benzene rings is 4. The summed E-state index contributed by atoms with van der Waals surface area (Å²) in [5.74, 6) is 0. The molecule has 0 bridgehead atoms. The van der Waals surface area contributed by atoms with Crippen LogP contribution in [-0.4, -0.2) is 158 Å². The SMILES string of the molecule is C1=CC[N-]C=C1.C1CC[N-]CC1.C1CC[N-]CC1.O.O.O.O.O.O.O.O.OC(O)c1cccc(C(O)O)c1.OC(O)c1cccc(C(O)O)c1.OC(O)c1cccc(C(O)O)c1.OC(O)c1cccc(C(O)O)c1.[Cu+].[Cu+].[Cu+].[Cu].[Cu].[Cu].[Cu].[Cu].[Cu].[Cu]. The van der Waals surface area contributed by atoms with Crippen molar-refractivity contribution in [2.75, 3.05) is 32.7 Å². The third-order valence-corrected chi connectivity index (χ3v) is 8.94.